The summed E-state index contributed by atoms with van der Waals surface area (Å²) in [5.74, 6) is 0.833. The Morgan fingerprint density at radius 3 is 2.32 bits per heavy atom. The van der Waals surface area contributed by atoms with Crippen molar-refractivity contribution in [2.75, 3.05) is 25.9 Å². The van der Waals surface area contributed by atoms with Crippen LogP contribution in [0.15, 0.2) is 0 Å². The first-order valence-corrected chi connectivity index (χ1v) is 11.2. The van der Waals surface area contributed by atoms with Crippen LogP contribution in [-0.4, -0.2) is 50.6 Å². The van der Waals surface area contributed by atoms with Crippen molar-refractivity contribution in [2.45, 2.75) is 32.7 Å². The number of nitrogens with zero attached hydrogens (tertiary/aromatic N) is 1. The molecule has 0 radical (unpaired) electrons. The lowest BCUT2D eigenvalue weighted by molar-refractivity contribution is -0.130. The van der Waals surface area contributed by atoms with Gasteiger partial charge in [0.25, 0.3) is 0 Å². The van der Waals surface area contributed by atoms with Gasteiger partial charge >= 0.3 is 0 Å². The maximum Gasteiger partial charge on any atom is 0.227 e. The molecule has 1 aliphatic heterocycles. The molecule has 3 atom stereocenters. The molecule has 0 aromatic heterocycles. The van der Waals surface area contributed by atoms with E-state index in [1.165, 1.54) is 11.0 Å². The van der Waals surface area contributed by atoms with Crippen LogP contribution >= 0.6 is 22.6 Å². The molecule has 9 heteroatoms. The molecule has 1 saturated heterocycles. The van der Waals surface area contributed by atoms with E-state index in [0.29, 0.717) is 11.8 Å². The van der Waals surface area contributed by atoms with E-state index in [1.54, 1.807) is 13.8 Å². The van der Waals surface area contributed by atoms with Gasteiger partial charge in [-0.3, -0.25) is 4.79 Å². The lowest BCUT2D eigenvalue weighted by Crippen LogP contribution is -2.55. The van der Waals surface area contributed by atoms with Crippen LogP contribution in [0.25, 0.3) is 0 Å². The van der Waals surface area contributed by atoms with Crippen LogP contribution in [0.5, 0.6) is 0 Å². The maximum atomic E-state index is 12.5. The van der Waals surface area contributed by atoms with E-state index in [2.05, 4.69) is 26.0 Å². The van der Waals surface area contributed by atoms with Crippen molar-refractivity contribution in [3.8, 4) is 0 Å². The minimum atomic E-state index is -3.29. The predicted molar refractivity (Wildman–Crippen MR) is 92.9 cm³/mol. The van der Waals surface area contributed by atoms with Crippen LogP contribution in [0.2, 0.25) is 0 Å². The van der Waals surface area contributed by atoms with Gasteiger partial charge in [-0.25, -0.2) is 17.4 Å². The monoisotopic (exact) mass is 367 g/mol. The molecule has 128 valence electrons. The molecule has 2 aliphatic rings. The molecular formula is C13H25N3O3S3. The van der Waals surface area contributed by atoms with Crippen molar-refractivity contribution in [1.82, 2.24) is 14.3 Å². The summed E-state index contributed by atoms with van der Waals surface area (Å²) in [6, 6.07) is 0.196. The van der Waals surface area contributed by atoms with Gasteiger partial charge in [0.2, 0.25) is 15.9 Å². The first kappa shape index (κ1) is 18.4. The zero-order chi connectivity index (χ0) is 16.5. The number of nitrogens with one attached hydrogen (secondary N) is 2. The lowest BCUT2D eigenvalue weighted by atomic mass is 9.89. The van der Waals surface area contributed by atoms with Gasteiger partial charge in [0.15, 0.2) is 0 Å². The van der Waals surface area contributed by atoms with Gasteiger partial charge in [-0.15, -0.1) is 0 Å². The van der Waals surface area contributed by atoms with Gasteiger partial charge in [0.1, 0.15) is 0 Å². The number of sulfonamides is 1. The number of amides is 1. The van der Waals surface area contributed by atoms with Gasteiger partial charge in [-0.1, -0.05) is 11.7 Å². The highest BCUT2D eigenvalue weighted by Gasteiger charge is 2.44. The van der Waals surface area contributed by atoms with Gasteiger partial charge < -0.3 is 5.32 Å². The number of hydrogen-bond donors (Lipinski definition) is 3. The SMILES string of the molecule is CC(C)(CNS(C)(=O)=O)C(=O)NC1[C@@H]2CC[C@H]1CN(SS)C2. The van der Waals surface area contributed by atoms with E-state index in [4.69, 9.17) is 0 Å². The Balaban J connectivity index is 1.94. The number of hydrogen-bond acceptors (Lipinski definition) is 6. The highest BCUT2D eigenvalue weighted by Crippen LogP contribution is 2.40. The quantitative estimate of drug-likeness (QED) is 0.369. The summed E-state index contributed by atoms with van der Waals surface area (Å²) in [7, 11) is -1.82. The number of carbonyl (C=O) groups excluding carboxylic acids is 1. The summed E-state index contributed by atoms with van der Waals surface area (Å²) >= 11 is 4.26. The van der Waals surface area contributed by atoms with Crippen LogP contribution in [-0.2, 0) is 14.8 Å². The van der Waals surface area contributed by atoms with E-state index in [1.807, 2.05) is 0 Å². The smallest absolute Gasteiger partial charge is 0.227 e. The lowest BCUT2D eigenvalue weighted by Gasteiger charge is -2.38. The van der Waals surface area contributed by atoms with Gasteiger partial charge in [0, 0.05) is 25.7 Å². The molecule has 1 aliphatic carbocycles. The van der Waals surface area contributed by atoms with Crippen molar-refractivity contribution in [2.24, 2.45) is 17.3 Å². The van der Waals surface area contributed by atoms with E-state index in [9.17, 15) is 13.2 Å². The molecule has 0 spiro atoms. The molecule has 2 fully saturated rings. The molecule has 1 heterocycles. The number of thiol groups is 1. The van der Waals surface area contributed by atoms with E-state index < -0.39 is 15.4 Å². The molecule has 2 rings (SSSR count). The van der Waals surface area contributed by atoms with E-state index >= 15 is 0 Å². The number of fused-ring (bicyclic) bond motifs is 2. The maximum absolute atomic E-state index is 12.5. The molecular weight excluding hydrogens is 342 g/mol. The molecule has 1 saturated carbocycles. The zero-order valence-corrected chi connectivity index (χ0v) is 15.7. The van der Waals surface area contributed by atoms with Gasteiger partial charge in [-0.05, 0) is 49.5 Å². The van der Waals surface area contributed by atoms with Crippen molar-refractivity contribution in [3.05, 3.63) is 0 Å². The number of rotatable bonds is 6. The molecule has 2 bridgehead atoms. The zero-order valence-electron chi connectivity index (χ0n) is 13.2. The molecule has 6 nitrogen and oxygen atoms in total. The standard InChI is InChI=1S/C13H25N3O3S3/c1-13(2,8-14-22(3,18)19)12(17)15-11-9-4-5-10(11)7-16(6-9)21-20/h9-11,14,20H,4-8H2,1-3H3,(H,15,17)/t9-,10+,11?. The average Bonchev–Trinajstić information content (AvgIpc) is 2.66. The highest BCUT2D eigenvalue weighted by molar-refractivity contribution is 8.67. The molecule has 1 amide bonds. The first-order valence-electron chi connectivity index (χ1n) is 7.44. The Bertz CT molecular complexity index is 510. The summed E-state index contributed by atoms with van der Waals surface area (Å²) in [6.45, 7) is 5.52. The third-order valence-corrected chi connectivity index (χ3v) is 6.50. The van der Waals surface area contributed by atoms with Crippen molar-refractivity contribution in [3.63, 3.8) is 0 Å². The fraction of sp³-hybridized carbons (Fsp3) is 0.923. The second-order valence-electron chi connectivity index (χ2n) is 7.00. The molecule has 0 aromatic carbocycles. The fourth-order valence-corrected chi connectivity index (χ4v) is 4.76. The van der Waals surface area contributed by atoms with Crippen molar-refractivity contribution < 1.29 is 13.2 Å². The summed E-state index contributed by atoms with van der Waals surface area (Å²) in [5.41, 5.74) is -0.766. The Hall–Kier alpha value is 0.0400. The second-order valence-corrected chi connectivity index (χ2v) is 10.0. The van der Waals surface area contributed by atoms with Gasteiger partial charge in [-0.2, -0.15) is 0 Å². The Labute approximate surface area is 142 Å². The minimum absolute atomic E-state index is 0.0856. The van der Waals surface area contributed by atoms with E-state index in [0.717, 1.165) is 32.2 Å². The topological polar surface area (TPSA) is 78.5 Å². The molecule has 0 aromatic rings. The Kier molecular flexibility index (Phi) is 5.75. The van der Waals surface area contributed by atoms with Crippen LogP contribution < -0.4 is 10.0 Å². The van der Waals surface area contributed by atoms with Crippen LogP contribution in [0.3, 0.4) is 0 Å². The largest absolute Gasteiger partial charge is 0.352 e. The molecule has 1 unspecified atom stereocenters. The third-order valence-electron chi connectivity index (χ3n) is 4.60. The predicted octanol–water partition coefficient (Wildman–Crippen LogP) is 0.881. The highest BCUT2D eigenvalue weighted by atomic mass is 33.1. The van der Waals surface area contributed by atoms with Crippen LogP contribution in [0, 0.1) is 17.3 Å². The second kappa shape index (κ2) is 6.88. The van der Waals surface area contributed by atoms with Crippen LogP contribution in [0.4, 0.5) is 0 Å². The molecule has 2 N–H and O–H groups in total. The summed E-state index contributed by atoms with van der Waals surface area (Å²) < 4.78 is 27.1. The van der Waals surface area contributed by atoms with Crippen molar-refractivity contribution in [1.29, 1.82) is 0 Å². The Morgan fingerprint density at radius 2 is 1.86 bits per heavy atom. The third kappa shape index (κ3) is 4.53. The van der Waals surface area contributed by atoms with Crippen LogP contribution in [0.1, 0.15) is 26.7 Å². The number of piperidine rings is 1. The molecule has 22 heavy (non-hydrogen) atoms. The minimum Gasteiger partial charge on any atom is -0.352 e. The number of carbonyl (C=O) groups is 1. The fourth-order valence-electron chi connectivity index (χ4n) is 3.22. The van der Waals surface area contributed by atoms with Crippen molar-refractivity contribution >= 4 is 38.6 Å². The first-order chi connectivity index (χ1) is 10.1. The summed E-state index contributed by atoms with van der Waals surface area (Å²) in [5, 5.41) is 3.17. The summed E-state index contributed by atoms with van der Waals surface area (Å²) in [4.78, 5) is 12.5. The summed E-state index contributed by atoms with van der Waals surface area (Å²) in [6.07, 6.45) is 3.36. The average molecular weight is 368 g/mol. The Morgan fingerprint density at radius 1 is 1.32 bits per heavy atom. The van der Waals surface area contributed by atoms with E-state index in [-0.39, 0.29) is 18.5 Å². The normalized spacial score (nSPS) is 29.5. The van der Waals surface area contributed by atoms with Gasteiger partial charge in [0.05, 0.1) is 11.7 Å².